The first-order valence-corrected chi connectivity index (χ1v) is 5.76. The first-order chi connectivity index (χ1) is 8.86. The summed E-state index contributed by atoms with van der Waals surface area (Å²) in [5, 5.41) is 0. The highest BCUT2D eigenvalue weighted by Gasteiger charge is 2.18. The van der Waals surface area contributed by atoms with Crippen LogP contribution < -0.4 is 10.5 Å². The molecule has 3 N–H and O–H groups in total. The van der Waals surface area contributed by atoms with Crippen LogP contribution in [0.5, 0.6) is 5.75 Å². The van der Waals surface area contributed by atoms with E-state index in [0.29, 0.717) is 17.1 Å². The molecule has 0 amide bonds. The third kappa shape index (κ3) is 3.29. The fraction of sp³-hybridized carbons (Fsp3) is 0.308. The van der Waals surface area contributed by atoms with E-state index >= 15 is 0 Å². The van der Waals surface area contributed by atoms with Gasteiger partial charge >= 0.3 is 6.61 Å². The van der Waals surface area contributed by atoms with Crippen molar-refractivity contribution in [2.75, 3.05) is 0 Å². The summed E-state index contributed by atoms with van der Waals surface area (Å²) in [6.07, 6.45) is 1.62. The number of alkyl halides is 2. The van der Waals surface area contributed by atoms with Gasteiger partial charge in [0.2, 0.25) is 0 Å². The number of nitrogens with zero attached hydrogens (tertiary/aromatic N) is 1. The van der Waals surface area contributed by atoms with Crippen LogP contribution in [0.25, 0.3) is 11.3 Å². The normalized spacial score (nSPS) is 11.9. The summed E-state index contributed by atoms with van der Waals surface area (Å²) in [4.78, 5) is 7.26. The van der Waals surface area contributed by atoms with E-state index in [1.807, 2.05) is 13.8 Å². The van der Waals surface area contributed by atoms with E-state index in [9.17, 15) is 8.78 Å². The monoisotopic (exact) mass is 267 g/mol. The second-order valence-electron chi connectivity index (χ2n) is 4.77. The molecule has 0 bridgehead atoms. The summed E-state index contributed by atoms with van der Waals surface area (Å²) < 4.78 is 28.7. The van der Waals surface area contributed by atoms with Crippen LogP contribution in [0.4, 0.5) is 8.78 Å². The molecule has 1 aromatic heterocycles. The predicted octanol–water partition coefficient (Wildman–Crippen LogP) is 2.87. The Hall–Kier alpha value is -1.95. The van der Waals surface area contributed by atoms with Crippen LogP contribution in [0.1, 0.15) is 19.7 Å². The minimum atomic E-state index is -2.84. The molecule has 0 unspecified atom stereocenters. The van der Waals surface area contributed by atoms with Gasteiger partial charge in [-0.2, -0.15) is 8.78 Å². The van der Waals surface area contributed by atoms with Gasteiger partial charge in [-0.25, -0.2) is 4.98 Å². The molecule has 0 fully saturated rings. The molecule has 19 heavy (non-hydrogen) atoms. The van der Waals surface area contributed by atoms with Crippen LogP contribution in [0, 0.1) is 0 Å². The molecule has 0 aliphatic heterocycles. The molecular formula is C13H15F2N3O. The number of nitrogens with one attached hydrogen (secondary N) is 1. The predicted molar refractivity (Wildman–Crippen MR) is 67.9 cm³/mol. The molecule has 1 heterocycles. The van der Waals surface area contributed by atoms with Crippen LogP contribution >= 0.6 is 0 Å². The quantitative estimate of drug-likeness (QED) is 0.895. The summed E-state index contributed by atoms with van der Waals surface area (Å²) >= 11 is 0. The molecule has 1 aromatic carbocycles. The summed E-state index contributed by atoms with van der Waals surface area (Å²) in [5.41, 5.74) is 6.75. The Balaban J connectivity index is 2.29. The minimum absolute atomic E-state index is 0.107. The average Bonchev–Trinajstić information content (AvgIpc) is 2.77. The number of imidazole rings is 1. The lowest BCUT2D eigenvalue weighted by Gasteiger charge is -2.14. The van der Waals surface area contributed by atoms with Crippen LogP contribution in [-0.2, 0) is 5.54 Å². The standard InChI is InChI=1S/C13H15F2N3O/c1-13(2,16)11-17-7-10(18-11)8-4-3-5-9(6-8)19-12(14)15/h3-7,12H,16H2,1-2H3,(H,17,18). The Bertz CT molecular complexity index is 561. The van der Waals surface area contributed by atoms with Crippen LogP contribution in [-0.4, -0.2) is 16.6 Å². The fourth-order valence-electron chi connectivity index (χ4n) is 1.64. The molecular weight excluding hydrogens is 252 g/mol. The first-order valence-electron chi connectivity index (χ1n) is 5.76. The van der Waals surface area contributed by atoms with E-state index in [0.717, 1.165) is 0 Å². The molecule has 6 heteroatoms. The van der Waals surface area contributed by atoms with Crippen molar-refractivity contribution in [2.24, 2.45) is 5.73 Å². The van der Waals surface area contributed by atoms with Crippen molar-refractivity contribution in [1.29, 1.82) is 0 Å². The van der Waals surface area contributed by atoms with Gasteiger partial charge in [-0.1, -0.05) is 12.1 Å². The number of nitrogens with two attached hydrogens (primary N) is 1. The average molecular weight is 267 g/mol. The van der Waals surface area contributed by atoms with E-state index in [1.54, 1.807) is 18.3 Å². The van der Waals surface area contributed by atoms with Crippen molar-refractivity contribution < 1.29 is 13.5 Å². The van der Waals surface area contributed by atoms with Crippen LogP contribution in [0.3, 0.4) is 0 Å². The number of rotatable bonds is 4. The Morgan fingerprint density at radius 2 is 2.11 bits per heavy atom. The van der Waals surface area contributed by atoms with Crippen LogP contribution in [0.15, 0.2) is 30.5 Å². The van der Waals surface area contributed by atoms with Crippen molar-refractivity contribution in [3.8, 4) is 17.0 Å². The maximum Gasteiger partial charge on any atom is 0.387 e. The van der Waals surface area contributed by atoms with E-state index in [-0.39, 0.29) is 5.75 Å². The van der Waals surface area contributed by atoms with Crippen molar-refractivity contribution >= 4 is 0 Å². The summed E-state index contributed by atoms with van der Waals surface area (Å²) in [7, 11) is 0. The van der Waals surface area contributed by atoms with E-state index in [1.165, 1.54) is 12.1 Å². The van der Waals surface area contributed by atoms with E-state index < -0.39 is 12.2 Å². The molecule has 102 valence electrons. The van der Waals surface area contributed by atoms with Crippen molar-refractivity contribution in [3.05, 3.63) is 36.3 Å². The minimum Gasteiger partial charge on any atom is -0.435 e. The summed E-state index contributed by atoms with van der Waals surface area (Å²) in [6, 6.07) is 6.41. The number of hydrogen-bond donors (Lipinski definition) is 2. The molecule has 0 radical (unpaired) electrons. The maximum atomic E-state index is 12.2. The largest absolute Gasteiger partial charge is 0.435 e. The topological polar surface area (TPSA) is 63.9 Å². The number of aromatic amines is 1. The molecule has 2 rings (SSSR count). The number of halogens is 2. The fourth-order valence-corrected chi connectivity index (χ4v) is 1.64. The highest BCUT2D eigenvalue weighted by molar-refractivity contribution is 5.60. The number of aromatic nitrogens is 2. The highest BCUT2D eigenvalue weighted by Crippen LogP contribution is 2.25. The highest BCUT2D eigenvalue weighted by atomic mass is 19.3. The molecule has 0 saturated heterocycles. The van der Waals surface area contributed by atoms with Crippen molar-refractivity contribution in [2.45, 2.75) is 26.0 Å². The Kier molecular flexibility index (Phi) is 3.53. The lowest BCUT2D eigenvalue weighted by Crippen LogP contribution is -2.30. The lowest BCUT2D eigenvalue weighted by molar-refractivity contribution is -0.0498. The van der Waals surface area contributed by atoms with Gasteiger partial charge in [0.05, 0.1) is 17.4 Å². The van der Waals surface area contributed by atoms with Gasteiger partial charge in [-0.3, -0.25) is 0 Å². The van der Waals surface area contributed by atoms with Gasteiger partial charge in [0, 0.05) is 5.56 Å². The lowest BCUT2D eigenvalue weighted by atomic mass is 10.1. The second-order valence-corrected chi connectivity index (χ2v) is 4.77. The Labute approximate surface area is 109 Å². The molecule has 0 spiro atoms. The maximum absolute atomic E-state index is 12.2. The first kappa shape index (κ1) is 13.5. The zero-order chi connectivity index (χ0) is 14.0. The van der Waals surface area contributed by atoms with Crippen molar-refractivity contribution in [1.82, 2.24) is 9.97 Å². The third-order valence-electron chi connectivity index (χ3n) is 2.56. The van der Waals surface area contributed by atoms with Crippen molar-refractivity contribution in [3.63, 3.8) is 0 Å². The van der Waals surface area contributed by atoms with Crippen LogP contribution in [0.2, 0.25) is 0 Å². The molecule has 4 nitrogen and oxygen atoms in total. The van der Waals surface area contributed by atoms with E-state index in [4.69, 9.17) is 5.73 Å². The zero-order valence-corrected chi connectivity index (χ0v) is 10.7. The summed E-state index contributed by atoms with van der Waals surface area (Å²) in [6.45, 7) is 0.813. The second kappa shape index (κ2) is 4.97. The SMILES string of the molecule is CC(C)(N)c1ncc(-c2cccc(OC(F)F)c2)[nH]1. The smallest absolute Gasteiger partial charge is 0.387 e. The number of benzene rings is 1. The zero-order valence-electron chi connectivity index (χ0n) is 10.7. The molecule has 0 saturated carbocycles. The van der Waals surface area contributed by atoms with Gasteiger partial charge < -0.3 is 15.5 Å². The Morgan fingerprint density at radius 1 is 1.37 bits per heavy atom. The van der Waals surface area contributed by atoms with Gasteiger partial charge in [-0.15, -0.1) is 0 Å². The number of ether oxygens (including phenoxy) is 1. The molecule has 0 aliphatic carbocycles. The van der Waals surface area contributed by atoms with Gasteiger partial charge in [0.25, 0.3) is 0 Å². The molecule has 2 aromatic rings. The summed E-state index contributed by atoms with van der Waals surface area (Å²) in [5.74, 6) is 0.735. The third-order valence-corrected chi connectivity index (χ3v) is 2.56. The number of hydrogen-bond acceptors (Lipinski definition) is 3. The number of H-pyrrole nitrogens is 1. The van der Waals surface area contributed by atoms with Gasteiger partial charge in [0.15, 0.2) is 0 Å². The molecule has 0 aliphatic rings. The molecule has 0 atom stereocenters. The van der Waals surface area contributed by atoms with Gasteiger partial charge in [-0.05, 0) is 26.0 Å². The van der Waals surface area contributed by atoms with Gasteiger partial charge in [0.1, 0.15) is 11.6 Å². The Morgan fingerprint density at radius 3 is 2.68 bits per heavy atom. The van der Waals surface area contributed by atoms with E-state index in [2.05, 4.69) is 14.7 Å².